The Bertz CT molecular complexity index is 928. The third-order valence-electron chi connectivity index (χ3n) is 4.30. The minimum atomic E-state index is -1.08. The van der Waals surface area contributed by atoms with Gasteiger partial charge in [0, 0.05) is 5.56 Å². The SMILES string of the molecule is O=C(c1ccccc1)C(O)c1ccccc1.c1ccc(-c2ccccc2)cc1. The van der Waals surface area contributed by atoms with E-state index in [1.807, 2.05) is 24.3 Å². The standard InChI is InChI=1S/C14H12O2.C12H10/c15-13(11-7-3-1-4-8-11)14(16)12-9-5-2-6-10-12;1-3-7-11(8-4-1)12-9-5-2-6-10-12/h1-10,13,15H;1-10H. The molecule has 0 heterocycles. The van der Waals surface area contributed by atoms with E-state index < -0.39 is 6.10 Å². The zero-order valence-electron chi connectivity index (χ0n) is 15.5. The van der Waals surface area contributed by atoms with Crippen molar-refractivity contribution in [3.63, 3.8) is 0 Å². The van der Waals surface area contributed by atoms with Crippen LogP contribution >= 0.6 is 0 Å². The lowest BCUT2D eigenvalue weighted by atomic mass is 10.0. The highest BCUT2D eigenvalue weighted by atomic mass is 16.3. The number of rotatable bonds is 4. The van der Waals surface area contributed by atoms with E-state index >= 15 is 0 Å². The van der Waals surface area contributed by atoms with Crippen LogP contribution in [0.2, 0.25) is 0 Å². The molecule has 1 atom stereocenters. The maximum Gasteiger partial charge on any atom is 0.195 e. The van der Waals surface area contributed by atoms with Crippen LogP contribution in [0.3, 0.4) is 0 Å². The van der Waals surface area contributed by atoms with Crippen molar-refractivity contribution in [3.05, 3.63) is 132 Å². The smallest absolute Gasteiger partial charge is 0.195 e. The Hall–Kier alpha value is -3.49. The molecule has 4 aromatic carbocycles. The number of aliphatic hydroxyl groups is 1. The van der Waals surface area contributed by atoms with Gasteiger partial charge in [-0.15, -0.1) is 0 Å². The Morgan fingerprint density at radius 2 is 0.893 bits per heavy atom. The fraction of sp³-hybridized carbons (Fsp3) is 0.0385. The van der Waals surface area contributed by atoms with Crippen molar-refractivity contribution in [1.29, 1.82) is 0 Å². The third kappa shape index (κ3) is 5.26. The molecule has 1 N–H and O–H groups in total. The van der Waals surface area contributed by atoms with E-state index in [0.29, 0.717) is 11.1 Å². The van der Waals surface area contributed by atoms with Crippen molar-refractivity contribution < 1.29 is 9.90 Å². The molecule has 0 aliphatic rings. The summed E-state index contributed by atoms with van der Waals surface area (Å²) >= 11 is 0. The van der Waals surface area contributed by atoms with Crippen LogP contribution in [0.25, 0.3) is 11.1 Å². The van der Waals surface area contributed by atoms with Gasteiger partial charge in [-0.2, -0.15) is 0 Å². The lowest BCUT2D eigenvalue weighted by Gasteiger charge is -2.09. The number of benzene rings is 4. The van der Waals surface area contributed by atoms with Crippen LogP contribution in [0.5, 0.6) is 0 Å². The van der Waals surface area contributed by atoms with Gasteiger partial charge < -0.3 is 5.11 Å². The predicted molar refractivity (Wildman–Crippen MR) is 114 cm³/mol. The first-order valence-corrected chi connectivity index (χ1v) is 9.18. The Morgan fingerprint density at radius 1 is 0.536 bits per heavy atom. The Balaban J connectivity index is 0.000000167. The average Bonchev–Trinajstić information content (AvgIpc) is 2.81. The zero-order valence-corrected chi connectivity index (χ0v) is 15.5. The molecular weight excluding hydrogens is 344 g/mol. The van der Waals surface area contributed by atoms with Gasteiger partial charge in [-0.05, 0) is 16.7 Å². The molecule has 0 aliphatic heterocycles. The van der Waals surface area contributed by atoms with Crippen LogP contribution < -0.4 is 0 Å². The number of ketones is 1. The summed E-state index contributed by atoms with van der Waals surface area (Å²) in [5.74, 6) is -0.271. The second kappa shape index (κ2) is 10.0. The molecule has 138 valence electrons. The number of hydrogen-bond donors (Lipinski definition) is 1. The van der Waals surface area contributed by atoms with Gasteiger partial charge in [0.2, 0.25) is 0 Å². The molecule has 2 heteroatoms. The van der Waals surface area contributed by atoms with E-state index in [1.54, 1.807) is 48.5 Å². The lowest BCUT2D eigenvalue weighted by molar-refractivity contribution is 0.0747. The summed E-state index contributed by atoms with van der Waals surface area (Å²) in [6.07, 6.45) is -1.08. The van der Waals surface area contributed by atoms with Gasteiger partial charge in [0.25, 0.3) is 0 Å². The lowest BCUT2D eigenvalue weighted by Crippen LogP contribution is -2.11. The molecule has 0 aliphatic carbocycles. The van der Waals surface area contributed by atoms with Crippen LogP contribution in [-0.4, -0.2) is 10.9 Å². The maximum atomic E-state index is 11.9. The minimum Gasteiger partial charge on any atom is -0.380 e. The summed E-state index contributed by atoms with van der Waals surface area (Å²) < 4.78 is 0. The average molecular weight is 366 g/mol. The topological polar surface area (TPSA) is 37.3 Å². The van der Waals surface area contributed by atoms with Crippen molar-refractivity contribution >= 4 is 5.78 Å². The molecule has 0 spiro atoms. The van der Waals surface area contributed by atoms with E-state index in [2.05, 4.69) is 48.5 Å². The molecule has 1 unspecified atom stereocenters. The van der Waals surface area contributed by atoms with Crippen molar-refractivity contribution in [3.8, 4) is 11.1 Å². The van der Waals surface area contributed by atoms with E-state index in [4.69, 9.17) is 0 Å². The molecule has 0 saturated heterocycles. The summed E-state index contributed by atoms with van der Waals surface area (Å²) in [5, 5.41) is 9.89. The maximum absolute atomic E-state index is 11.9. The number of carbonyl (C=O) groups excluding carboxylic acids is 1. The quantitative estimate of drug-likeness (QED) is 0.453. The highest BCUT2D eigenvalue weighted by molar-refractivity contribution is 5.99. The number of hydrogen-bond acceptors (Lipinski definition) is 2. The van der Waals surface area contributed by atoms with Crippen molar-refractivity contribution in [1.82, 2.24) is 0 Å². The van der Waals surface area contributed by atoms with Crippen LogP contribution in [0.15, 0.2) is 121 Å². The normalized spacial score (nSPS) is 11.0. The van der Waals surface area contributed by atoms with Crippen LogP contribution in [-0.2, 0) is 0 Å². The summed E-state index contributed by atoms with van der Waals surface area (Å²) in [5.41, 5.74) is 3.70. The van der Waals surface area contributed by atoms with Gasteiger partial charge in [-0.1, -0.05) is 121 Å². The van der Waals surface area contributed by atoms with E-state index in [-0.39, 0.29) is 5.78 Å². The van der Waals surface area contributed by atoms with Gasteiger partial charge in [-0.25, -0.2) is 0 Å². The first kappa shape index (κ1) is 19.3. The molecule has 4 aromatic rings. The molecule has 4 rings (SSSR count). The number of carbonyl (C=O) groups is 1. The second-order valence-corrected chi connectivity index (χ2v) is 6.28. The largest absolute Gasteiger partial charge is 0.380 e. The first-order chi connectivity index (χ1) is 13.8. The van der Waals surface area contributed by atoms with Crippen LogP contribution in [0, 0.1) is 0 Å². The molecule has 0 aromatic heterocycles. The molecule has 0 fully saturated rings. The summed E-state index contributed by atoms with van der Waals surface area (Å²) in [6.45, 7) is 0. The molecule has 28 heavy (non-hydrogen) atoms. The second-order valence-electron chi connectivity index (χ2n) is 6.28. The summed E-state index contributed by atoms with van der Waals surface area (Å²) in [7, 11) is 0. The van der Waals surface area contributed by atoms with Crippen molar-refractivity contribution in [2.75, 3.05) is 0 Å². The molecule has 0 amide bonds. The molecule has 0 saturated carbocycles. The molecular formula is C26H22O2. The van der Waals surface area contributed by atoms with Gasteiger partial charge in [0.1, 0.15) is 6.10 Å². The van der Waals surface area contributed by atoms with Crippen molar-refractivity contribution in [2.45, 2.75) is 6.10 Å². The van der Waals surface area contributed by atoms with Gasteiger partial charge in [0.15, 0.2) is 5.78 Å². The Kier molecular flexibility index (Phi) is 6.89. The minimum absolute atomic E-state index is 0.271. The zero-order chi connectivity index (χ0) is 19.6. The highest BCUT2D eigenvalue weighted by Crippen LogP contribution is 2.18. The summed E-state index contributed by atoms with van der Waals surface area (Å²) in [6, 6.07) is 38.5. The predicted octanol–water partition coefficient (Wildman–Crippen LogP) is 5.96. The van der Waals surface area contributed by atoms with Gasteiger partial charge in [0.05, 0.1) is 0 Å². The fourth-order valence-electron chi connectivity index (χ4n) is 2.81. The van der Waals surface area contributed by atoms with E-state index in [9.17, 15) is 9.90 Å². The Morgan fingerprint density at radius 3 is 1.32 bits per heavy atom. The first-order valence-electron chi connectivity index (χ1n) is 9.18. The van der Waals surface area contributed by atoms with Crippen molar-refractivity contribution in [2.24, 2.45) is 0 Å². The third-order valence-corrected chi connectivity index (χ3v) is 4.30. The van der Waals surface area contributed by atoms with E-state index in [0.717, 1.165) is 0 Å². The van der Waals surface area contributed by atoms with Crippen LogP contribution in [0.4, 0.5) is 0 Å². The van der Waals surface area contributed by atoms with Crippen LogP contribution in [0.1, 0.15) is 22.0 Å². The molecule has 0 radical (unpaired) electrons. The summed E-state index contributed by atoms with van der Waals surface area (Å²) in [4.78, 5) is 11.9. The van der Waals surface area contributed by atoms with Gasteiger partial charge >= 0.3 is 0 Å². The molecule has 0 bridgehead atoms. The number of Topliss-reactive ketones (excluding diaryl/α,β-unsaturated/α-hetero) is 1. The highest BCUT2D eigenvalue weighted by Gasteiger charge is 2.18. The van der Waals surface area contributed by atoms with Gasteiger partial charge in [-0.3, -0.25) is 4.79 Å². The van der Waals surface area contributed by atoms with E-state index in [1.165, 1.54) is 11.1 Å². The number of aliphatic hydroxyl groups excluding tert-OH is 1. The molecule has 2 nitrogen and oxygen atoms in total. The fourth-order valence-corrected chi connectivity index (χ4v) is 2.81. The Labute approximate surface area is 165 Å². The monoisotopic (exact) mass is 366 g/mol.